The monoisotopic (exact) mass is 411 g/mol. The lowest BCUT2D eigenvalue weighted by atomic mass is 9.90. The summed E-state index contributed by atoms with van der Waals surface area (Å²) in [5.74, 6) is -1.76. The third-order valence-electron chi connectivity index (χ3n) is 5.58. The summed E-state index contributed by atoms with van der Waals surface area (Å²) in [5, 5.41) is 40.7. The van der Waals surface area contributed by atoms with Crippen LogP contribution >= 0.6 is 0 Å². The van der Waals surface area contributed by atoms with E-state index in [2.05, 4.69) is 4.98 Å². The molecule has 1 heterocycles. The lowest BCUT2D eigenvalue weighted by Gasteiger charge is -2.14. The highest BCUT2D eigenvalue weighted by molar-refractivity contribution is 6.10. The van der Waals surface area contributed by atoms with E-state index in [1.807, 2.05) is 0 Å². The van der Waals surface area contributed by atoms with Gasteiger partial charge in [0, 0.05) is 34.0 Å². The summed E-state index contributed by atoms with van der Waals surface area (Å²) in [7, 11) is 0. The molecular weight excluding hydrogens is 400 g/mol. The second-order valence-electron chi connectivity index (χ2n) is 7.08. The molecule has 1 aromatic heterocycles. The number of nitriles is 2. The van der Waals surface area contributed by atoms with Gasteiger partial charge in [-0.3, -0.25) is 4.98 Å². The summed E-state index contributed by atoms with van der Waals surface area (Å²) in [5.41, 5.74) is 0.932. The zero-order valence-corrected chi connectivity index (χ0v) is 15.7. The first-order valence-electron chi connectivity index (χ1n) is 9.23. The number of pyridine rings is 1. The summed E-state index contributed by atoms with van der Waals surface area (Å²) in [4.78, 5) is 4.33. The number of phenols is 1. The van der Waals surface area contributed by atoms with Gasteiger partial charge in [0.1, 0.15) is 41.2 Å². The maximum atomic E-state index is 14.8. The number of benzene rings is 2. The number of allylic oxidation sites excluding steroid dienone is 1. The van der Waals surface area contributed by atoms with Crippen molar-refractivity contribution in [2.75, 3.05) is 0 Å². The Labute approximate surface area is 175 Å². The van der Waals surface area contributed by atoms with Crippen molar-refractivity contribution >= 4 is 11.1 Å². The predicted octanol–water partition coefficient (Wildman–Crippen LogP) is 4.40. The van der Waals surface area contributed by atoms with Gasteiger partial charge >= 0.3 is 0 Å². The molecule has 1 unspecified atom stereocenters. The molecule has 2 aliphatic rings. The van der Waals surface area contributed by atoms with Gasteiger partial charge < -0.3 is 10.2 Å². The second kappa shape index (κ2) is 6.60. The highest BCUT2D eigenvalue weighted by Gasteiger charge is 2.42. The molecule has 31 heavy (non-hydrogen) atoms. The van der Waals surface area contributed by atoms with Crippen molar-refractivity contribution in [3.05, 3.63) is 93.7 Å². The number of nitrogens with zero attached hydrogens (tertiary/aromatic N) is 3. The number of hydrogen-bond donors (Lipinski definition) is 2. The number of aliphatic hydroxyl groups is 1. The maximum Gasteiger partial charge on any atom is 0.138 e. The smallest absolute Gasteiger partial charge is 0.138 e. The standard InChI is InChI=1S/C24H11F2N3O2/c25-14-6-7-15(26)21-20(14)17(11(9-27)10-28)22(24(21)31)18-12-3-1-5-16(30)19(12)23-13(18)4-2-8-29-23/h1-8,24,30-31H/b22-18-. The lowest BCUT2D eigenvalue weighted by Crippen LogP contribution is -2.01. The zero-order valence-electron chi connectivity index (χ0n) is 15.7. The van der Waals surface area contributed by atoms with E-state index in [9.17, 15) is 29.5 Å². The summed E-state index contributed by atoms with van der Waals surface area (Å²) in [6.07, 6.45) is -0.0945. The first kappa shape index (κ1) is 18.7. The van der Waals surface area contributed by atoms with Gasteiger partial charge in [-0.1, -0.05) is 18.2 Å². The van der Waals surface area contributed by atoms with E-state index in [4.69, 9.17) is 0 Å². The minimum absolute atomic E-state index is 0.0238. The van der Waals surface area contributed by atoms with Crippen molar-refractivity contribution in [1.29, 1.82) is 10.5 Å². The van der Waals surface area contributed by atoms with Gasteiger partial charge in [-0.05, 0) is 35.4 Å². The summed E-state index contributed by atoms with van der Waals surface area (Å²) >= 11 is 0. The molecule has 5 nitrogen and oxygen atoms in total. The Morgan fingerprint density at radius 1 is 0.935 bits per heavy atom. The molecule has 0 aliphatic heterocycles. The Balaban J connectivity index is 2.01. The van der Waals surface area contributed by atoms with E-state index in [1.54, 1.807) is 36.4 Å². The summed E-state index contributed by atoms with van der Waals surface area (Å²) < 4.78 is 29.5. The fourth-order valence-corrected chi connectivity index (χ4v) is 4.40. The van der Waals surface area contributed by atoms with Crippen molar-refractivity contribution in [3.63, 3.8) is 0 Å². The molecular formula is C24H11F2N3O2. The number of rotatable bonds is 0. The van der Waals surface area contributed by atoms with Crippen molar-refractivity contribution in [2.45, 2.75) is 6.10 Å². The van der Waals surface area contributed by atoms with Gasteiger partial charge in [0.15, 0.2) is 0 Å². The molecule has 0 radical (unpaired) electrons. The number of phenolic OH excluding ortho intramolecular Hbond substituents is 1. The second-order valence-corrected chi connectivity index (χ2v) is 7.08. The van der Waals surface area contributed by atoms with Gasteiger partial charge in [-0.15, -0.1) is 0 Å². The topological polar surface area (TPSA) is 101 Å². The fourth-order valence-electron chi connectivity index (χ4n) is 4.40. The van der Waals surface area contributed by atoms with Crippen LogP contribution in [0.25, 0.3) is 22.4 Å². The Bertz CT molecular complexity index is 1440. The van der Waals surface area contributed by atoms with E-state index < -0.39 is 23.3 Å². The number of aliphatic hydroxyl groups excluding tert-OH is 1. The van der Waals surface area contributed by atoms with Crippen LogP contribution in [0.2, 0.25) is 0 Å². The van der Waals surface area contributed by atoms with Crippen molar-refractivity contribution in [2.24, 2.45) is 0 Å². The maximum absolute atomic E-state index is 14.8. The normalized spacial score (nSPS) is 18.1. The third kappa shape index (κ3) is 2.38. The van der Waals surface area contributed by atoms with Gasteiger partial charge in [0.25, 0.3) is 0 Å². The minimum atomic E-state index is -1.63. The molecule has 5 rings (SSSR count). The fraction of sp³-hybridized carbons (Fsp3) is 0.0417. The summed E-state index contributed by atoms with van der Waals surface area (Å²) in [6, 6.07) is 13.4. The van der Waals surface area contributed by atoms with E-state index in [1.165, 1.54) is 12.3 Å². The molecule has 0 bridgehead atoms. The first-order valence-corrected chi connectivity index (χ1v) is 9.23. The van der Waals surface area contributed by atoms with Crippen LogP contribution in [-0.2, 0) is 0 Å². The van der Waals surface area contributed by atoms with Gasteiger partial charge in [0.05, 0.1) is 11.3 Å². The molecule has 0 spiro atoms. The van der Waals surface area contributed by atoms with Gasteiger partial charge in [0.2, 0.25) is 0 Å². The highest BCUT2D eigenvalue weighted by atomic mass is 19.1. The molecule has 0 saturated heterocycles. The molecule has 0 fully saturated rings. The van der Waals surface area contributed by atoms with Crippen molar-refractivity contribution < 1.29 is 19.0 Å². The molecule has 1 atom stereocenters. The van der Waals surface area contributed by atoms with E-state index in [-0.39, 0.29) is 28.0 Å². The SMILES string of the molecule is N#CC(C#N)=C1/C(=C2/c3cccnc3-c3c(O)cccc32)C(O)c2c(F)ccc(F)c21. The predicted molar refractivity (Wildman–Crippen MR) is 107 cm³/mol. The zero-order chi connectivity index (χ0) is 21.9. The Kier molecular flexibility index (Phi) is 3.97. The van der Waals surface area contributed by atoms with Crippen LogP contribution < -0.4 is 0 Å². The largest absolute Gasteiger partial charge is 0.507 e. The van der Waals surface area contributed by atoms with Crippen molar-refractivity contribution in [3.8, 4) is 29.1 Å². The van der Waals surface area contributed by atoms with Crippen LogP contribution in [0.4, 0.5) is 8.78 Å². The average Bonchev–Trinajstić information content (AvgIpc) is 3.26. The first-order chi connectivity index (χ1) is 15.0. The van der Waals surface area contributed by atoms with Crippen LogP contribution in [-0.4, -0.2) is 15.2 Å². The lowest BCUT2D eigenvalue weighted by molar-refractivity contribution is 0.220. The van der Waals surface area contributed by atoms with E-state index in [0.717, 1.165) is 12.1 Å². The third-order valence-corrected chi connectivity index (χ3v) is 5.58. The number of aromatic nitrogens is 1. The molecule has 0 amide bonds. The van der Waals surface area contributed by atoms with Crippen LogP contribution in [0.3, 0.4) is 0 Å². The number of hydrogen-bond acceptors (Lipinski definition) is 5. The van der Waals surface area contributed by atoms with Gasteiger partial charge in [-0.2, -0.15) is 10.5 Å². The van der Waals surface area contributed by atoms with Crippen LogP contribution in [0.15, 0.2) is 59.8 Å². The highest BCUT2D eigenvalue weighted by Crippen LogP contribution is 2.56. The van der Waals surface area contributed by atoms with Crippen molar-refractivity contribution in [1.82, 2.24) is 4.98 Å². The summed E-state index contributed by atoms with van der Waals surface area (Å²) in [6.45, 7) is 0. The molecule has 2 aliphatic carbocycles. The Morgan fingerprint density at radius 3 is 2.39 bits per heavy atom. The number of aromatic hydroxyl groups is 1. The minimum Gasteiger partial charge on any atom is -0.507 e. The quantitative estimate of drug-likeness (QED) is 0.418. The molecule has 148 valence electrons. The van der Waals surface area contributed by atoms with Crippen LogP contribution in [0.5, 0.6) is 5.75 Å². The Hall–Kier alpha value is -4.33. The van der Waals surface area contributed by atoms with E-state index >= 15 is 0 Å². The Morgan fingerprint density at radius 2 is 1.65 bits per heavy atom. The molecule has 7 heteroatoms. The molecule has 2 N–H and O–H groups in total. The average molecular weight is 411 g/mol. The van der Waals surface area contributed by atoms with Crippen LogP contribution in [0, 0.1) is 34.3 Å². The molecule has 0 saturated carbocycles. The van der Waals surface area contributed by atoms with Crippen LogP contribution in [0.1, 0.15) is 28.4 Å². The van der Waals surface area contributed by atoms with Gasteiger partial charge in [-0.25, -0.2) is 8.78 Å². The molecule has 3 aromatic rings. The number of halogens is 2. The number of fused-ring (bicyclic) bond motifs is 4. The molecule has 2 aromatic carbocycles. The van der Waals surface area contributed by atoms with E-state index in [0.29, 0.717) is 28.0 Å².